The fourth-order valence-electron chi connectivity index (χ4n) is 3.24. The van der Waals surface area contributed by atoms with Gasteiger partial charge in [-0.05, 0) is 49.2 Å². The third-order valence-corrected chi connectivity index (χ3v) is 5.44. The molecule has 8 heteroatoms. The minimum atomic E-state index is 0.386. The van der Waals surface area contributed by atoms with Crippen LogP contribution >= 0.6 is 23.2 Å². The third-order valence-electron chi connectivity index (χ3n) is 4.89. The lowest BCUT2D eigenvalue weighted by molar-refractivity contribution is 0.218. The number of aromatic nitrogens is 2. The standard InChI is InChI=1S/C21H21Cl2N3O3/c1-27-16-6-8-19(28-2)13(9-16)11-26(15-4-5-15)12-20-24-25-21(29-20)17-7-3-14(22)10-18(17)23/h3,6-10,15H,4-5,11-12H2,1-2H3. The maximum Gasteiger partial charge on any atom is 0.249 e. The molecule has 0 saturated heterocycles. The zero-order valence-corrected chi connectivity index (χ0v) is 17.7. The van der Waals surface area contributed by atoms with Crippen LogP contribution < -0.4 is 9.47 Å². The molecule has 1 heterocycles. The number of hydrogen-bond acceptors (Lipinski definition) is 6. The van der Waals surface area contributed by atoms with Crippen LogP contribution in [0.2, 0.25) is 10.0 Å². The lowest BCUT2D eigenvalue weighted by atomic mass is 10.1. The predicted octanol–water partition coefficient (Wildman–Crippen LogP) is 5.23. The van der Waals surface area contributed by atoms with E-state index < -0.39 is 0 Å². The van der Waals surface area contributed by atoms with Gasteiger partial charge in [0.25, 0.3) is 0 Å². The van der Waals surface area contributed by atoms with E-state index in [0.29, 0.717) is 46.5 Å². The minimum Gasteiger partial charge on any atom is -0.497 e. The smallest absolute Gasteiger partial charge is 0.249 e. The molecule has 152 valence electrons. The molecule has 1 aromatic heterocycles. The molecule has 0 amide bonds. The summed E-state index contributed by atoms with van der Waals surface area (Å²) in [6, 6.07) is 11.5. The van der Waals surface area contributed by atoms with Crippen molar-refractivity contribution in [2.75, 3.05) is 14.2 Å². The summed E-state index contributed by atoms with van der Waals surface area (Å²) in [5, 5.41) is 9.42. The molecular weight excluding hydrogens is 413 g/mol. The Labute approximate surface area is 179 Å². The van der Waals surface area contributed by atoms with E-state index in [2.05, 4.69) is 15.1 Å². The number of methoxy groups -OCH3 is 2. The minimum absolute atomic E-state index is 0.386. The van der Waals surface area contributed by atoms with Crippen molar-refractivity contribution in [3.63, 3.8) is 0 Å². The van der Waals surface area contributed by atoms with E-state index in [0.717, 1.165) is 29.9 Å². The highest BCUT2D eigenvalue weighted by Crippen LogP contribution is 2.34. The summed E-state index contributed by atoms with van der Waals surface area (Å²) in [6.45, 7) is 1.24. The van der Waals surface area contributed by atoms with Crippen LogP contribution in [0.15, 0.2) is 40.8 Å². The van der Waals surface area contributed by atoms with Gasteiger partial charge in [0.05, 0.1) is 31.4 Å². The first kappa shape index (κ1) is 20.0. The number of halogens is 2. The van der Waals surface area contributed by atoms with Gasteiger partial charge in [-0.1, -0.05) is 23.2 Å². The average Bonchev–Trinajstić information content (AvgIpc) is 3.47. The topological polar surface area (TPSA) is 60.6 Å². The summed E-state index contributed by atoms with van der Waals surface area (Å²) in [5.74, 6) is 2.56. The molecule has 0 unspecified atom stereocenters. The van der Waals surface area contributed by atoms with E-state index in [1.54, 1.807) is 32.4 Å². The summed E-state index contributed by atoms with van der Waals surface area (Å²) >= 11 is 12.2. The van der Waals surface area contributed by atoms with Gasteiger partial charge in [0.2, 0.25) is 11.8 Å². The molecule has 0 spiro atoms. The highest BCUT2D eigenvalue weighted by molar-refractivity contribution is 6.36. The van der Waals surface area contributed by atoms with Crippen LogP contribution in [0, 0.1) is 0 Å². The highest BCUT2D eigenvalue weighted by atomic mass is 35.5. The number of ether oxygens (including phenoxy) is 2. The van der Waals surface area contributed by atoms with Crippen molar-refractivity contribution >= 4 is 23.2 Å². The Morgan fingerprint density at radius 2 is 1.86 bits per heavy atom. The van der Waals surface area contributed by atoms with Crippen molar-refractivity contribution in [3.05, 3.63) is 57.9 Å². The average molecular weight is 434 g/mol. The third kappa shape index (κ3) is 4.66. The first-order chi connectivity index (χ1) is 14.1. The zero-order chi connectivity index (χ0) is 20.4. The number of benzene rings is 2. The summed E-state index contributed by atoms with van der Waals surface area (Å²) < 4.78 is 16.8. The second-order valence-electron chi connectivity index (χ2n) is 6.94. The van der Waals surface area contributed by atoms with E-state index in [1.165, 1.54) is 0 Å². The molecule has 0 aliphatic heterocycles. The Kier molecular flexibility index (Phi) is 5.94. The molecule has 1 saturated carbocycles. The molecule has 6 nitrogen and oxygen atoms in total. The summed E-state index contributed by atoms with van der Waals surface area (Å²) in [7, 11) is 3.33. The zero-order valence-electron chi connectivity index (χ0n) is 16.2. The Hall–Kier alpha value is -2.28. The van der Waals surface area contributed by atoms with Crippen LogP contribution in [0.25, 0.3) is 11.5 Å². The number of nitrogens with zero attached hydrogens (tertiary/aromatic N) is 3. The summed E-state index contributed by atoms with van der Waals surface area (Å²) in [4.78, 5) is 2.32. The van der Waals surface area contributed by atoms with E-state index in [4.69, 9.17) is 37.1 Å². The van der Waals surface area contributed by atoms with E-state index in [9.17, 15) is 0 Å². The molecule has 0 atom stereocenters. The molecule has 4 rings (SSSR count). The Bertz CT molecular complexity index is 1000. The summed E-state index contributed by atoms with van der Waals surface area (Å²) in [5.41, 5.74) is 1.72. The van der Waals surface area contributed by atoms with E-state index >= 15 is 0 Å². The largest absolute Gasteiger partial charge is 0.497 e. The van der Waals surface area contributed by atoms with Crippen LogP contribution in [0.5, 0.6) is 11.5 Å². The van der Waals surface area contributed by atoms with Crippen LogP contribution in [0.1, 0.15) is 24.3 Å². The number of rotatable bonds is 8. The predicted molar refractivity (Wildman–Crippen MR) is 112 cm³/mol. The lowest BCUT2D eigenvalue weighted by Crippen LogP contribution is -2.25. The fourth-order valence-corrected chi connectivity index (χ4v) is 3.73. The SMILES string of the molecule is COc1ccc(OC)c(CN(Cc2nnc(-c3ccc(Cl)cc3Cl)o2)C2CC2)c1. The molecule has 0 radical (unpaired) electrons. The molecule has 0 bridgehead atoms. The normalized spacial score (nSPS) is 13.7. The van der Waals surface area contributed by atoms with Crippen LogP contribution in [-0.4, -0.2) is 35.4 Å². The molecule has 1 aliphatic carbocycles. The Morgan fingerprint density at radius 3 is 2.55 bits per heavy atom. The van der Waals surface area contributed by atoms with Crippen LogP contribution in [0.3, 0.4) is 0 Å². The van der Waals surface area contributed by atoms with Crippen molar-refractivity contribution in [3.8, 4) is 23.0 Å². The fraction of sp³-hybridized carbons (Fsp3) is 0.333. The lowest BCUT2D eigenvalue weighted by Gasteiger charge is -2.21. The molecule has 29 heavy (non-hydrogen) atoms. The molecule has 1 fully saturated rings. The van der Waals surface area contributed by atoms with Gasteiger partial charge in [-0.25, -0.2) is 0 Å². The Balaban J connectivity index is 1.54. The molecule has 0 N–H and O–H groups in total. The van der Waals surface area contributed by atoms with Gasteiger partial charge in [0.15, 0.2) is 0 Å². The number of hydrogen-bond donors (Lipinski definition) is 0. The van der Waals surface area contributed by atoms with Crippen LogP contribution in [-0.2, 0) is 13.1 Å². The monoisotopic (exact) mass is 433 g/mol. The van der Waals surface area contributed by atoms with Crippen LogP contribution in [0.4, 0.5) is 0 Å². The molecule has 1 aliphatic rings. The first-order valence-corrected chi connectivity index (χ1v) is 10.1. The molecule has 3 aromatic rings. The van der Waals surface area contributed by atoms with E-state index in [-0.39, 0.29) is 0 Å². The van der Waals surface area contributed by atoms with E-state index in [1.807, 2.05) is 18.2 Å². The van der Waals surface area contributed by atoms with Gasteiger partial charge in [-0.3, -0.25) is 4.90 Å². The van der Waals surface area contributed by atoms with Crippen molar-refractivity contribution in [1.82, 2.24) is 15.1 Å². The Morgan fingerprint density at radius 1 is 1.03 bits per heavy atom. The van der Waals surface area contributed by atoms with Gasteiger partial charge in [-0.2, -0.15) is 0 Å². The maximum absolute atomic E-state index is 6.26. The maximum atomic E-state index is 6.26. The van der Waals surface area contributed by atoms with Crippen molar-refractivity contribution < 1.29 is 13.9 Å². The second kappa shape index (κ2) is 8.61. The van der Waals surface area contributed by atoms with Gasteiger partial charge in [-0.15, -0.1) is 10.2 Å². The second-order valence-corrected chi connectivity index (χ2v) is 7.78. The van der Waals surface area contributed by atoms with Crippen molar-refractivity contribution in [2.45, 2.75) is 32.0 Å². The first-order valence-electron chi connectivity index (χ1n) is 9.30. The van der Waals surface area contributed by atoms with Gasteiger partial charge in [0.1, 0.15) is 11.5 Å². The highest BCUT2D eigenvalue weighted by Gasteiger charge is 2.31. The van der Waals surface area contributed by atoms with Gasteiger partial charge >= 0.3 is 0 Å². The van der Waals surface area contributed by atoms with Crippen molar-refractivity contribution in [1.29, 1.82) is 0 Å². The molecule has 2 aromatic carbocycles. The van der Waals surface area contributed by atoms with Gasteiger partial charge in [0, 0.05) is 23.2 Å². The van der Waals surface area contributed by atoms with Crippen molar-refractivity contribution in [2.24, 2.45) is 0 Å². The molecular formula is C21H21Cl2N3O3. The summed E-state index contributed by atoms with van der Waals surface area (Å²) in [6.07, 6.45) is 2.30. The van der Waals surface area contributed by atoms with Gasteiger partial charge < -0.3 is 13.9 Å². The quantitative estimate of drug-likeness (QED) is 0.484.